The van der Waals surface area contributed by atoms with Gasteiger partial charge in [-0.2, -0.15) is 0 Å². The fraction of sp³-hybridized carbons (Fsp3) is 0. The van der Waals surface area contributed by atoms with Gasteiger partial charge in [-0.05, 0) is 68.7 Å². The number of furan rings is 1. The second-order valence-electron chi connectivity index (χ2n) is 13.0. The van der Waals surface area contributed by atoms with Crippen LogP contribution in [0.2, 0.25) is 0 Å². The van der Waals surface area contributed by atoms with Gasteiger partial charge in [-0.3, -0.25) is 0 Å². The maximum atomic E-state index is 6.63. The predicted octanol–water partition coefficient (Wildman–Crippen LogP) is 13.0. The Morgan fingerprint density at radius 2 is 0.922 bits per heavy atom. The number of rotatable bonds is 5. The van der Waals surface area contributed by atoms with Crippen LogP contribution in [0.15, 0.2) is 186 Å². The van der Waals surface area contributed by atoms with Crippen molar-refractivity contribution in [1.29, 1.82) is 0 Å². The molecule has 3 heteroatoms. The fourth-order valence-corrected chi connectivity index (χ4v) is 7.39. The van der Waals surface area contributed by atoms with Crippen molar-refractivity contribution in [3.05, 3.63) is 182 Å². The maximum absolute atomic E-state index is 6.63. The Bertz CT molecular complexity index is 2850. The highest BCUT2D eigenvalue weighted by Crippen LogP contribution is 2.41. The molecule has 0 aliphatic heterocycles. The molecule has 0 unspecified atom stereocenters. The Morgan fingerprint density at radius 1 is 0.333 bits per heavy atom. The van der Waals surface area contributed by atoms with Gasteiger partial charge in [0.1, 0.15) is 11.2 Å². The van der Waals surface area contributed by atoms with Crippen LogP contribution in [0.25, 0.3) is 99.6 Å². The lowest BCUT2D eigenvalue weighted by Crippen LogP contribution is -1.96. The van der Waals surface area contributed by atoms with Gasteiger partial charge in [0.05, 0.1) is 11.4 Å². The van der Waals surface area contributed by atoms with E-state index in [-0.39, 0.29) is 0 Å². The van der Waals surface area contributed by atoms with E-state index in [0.717, 1.165) is 71.9 Å². The normalized spacial score (nSPS) is 11.5. The van der Waals surface area contributed by atoms with Crippen LogP contribution in [0.5, 0.6) is 0 Å². The molecule has 0 saturated carbocycles. The molecule has 3 nitrogen and oxygen atoms in total. The molecule has 8 aromatic carbocycles. The molecule has 2 aromatic heterocycles. The molecule has 0 radical (unpaired) electrons. The van der Waals surface area contributed by atoms with Crippen LogP contribution in [-0.4, -0.2) is 9.97 Å². The number of fused-ring (bicyclic) bond motifs is 6. The van der Waals surface area contributed by atoms with Crippen molar-refractivity contribution >= 4 is 43.5 Å². The highest BCUT2D eigenvalue weighted by molar-refractivity contribution is 6.19. The Morgan fingerprint density at radius 3 is 1.69 bits per heavy atom. The van der Waals surface area contributed by atoms with Crippen LogP contribution in [0, 0.1) is 0 Å². The summed E-state index contributed by atoms with van der Waals surface area (Å²) in [5.74, 6) is 0.682. The van der Waals surface area contributed by atoms with Crippen molar-refractivity contribution < 1.29 is 4.42 Å². The molecular formula is C48H30N2O. The maximum Gasteiger partial charge on any atom is 0.161 e. The third-order valence-electron chi connectivity index (χ3n) is 9.88. The van der Waals surface area contributed by atoms with Gasteiger partial charge in [0.15, 0.2) is 5.82 Å². The van der Waals surface area contributed by atoms with E-state index < -0.39 is 0 Å². The smallest absolute Gasteiger partial charge is 0.161 e. The van der Waals surface area contributed by atoms with Gasteiger partial charge in [-0.1, -0.05) is 152 Å². The van der Waals surface area contributed by atoms with Crippen LogP contribution in [0.1, 0.15) is 0 Å². The SMILES string of the molecule is c1ccc(-c2cc(-c3ccccc3)nc(-c3cc4c5cc(-c6cccc(-c7cccc8ccccc78)c6)ccc5oc4c4ccccc34)n2)cc1. The molecule has 2 heterocycles. The highest BCUT2D eigenvalue weighted by Gasteiger charge is 2.19. The van der Waals surface area contributed by atoms with E-state index in [9.17, 15) is 0 Å². The van der Waals surface area contributed by atoms with E-state index in [2.05, 4.69) is 146 Å². The summed E-state index contributed by atoms with van der Waals surface area (Å²) < 4.78 is 6.63. The van der Waals surface area contributed by atoms with E-state index in [0.29, 0.717) is 5.82 Å². The van der Waals surface area contributed by atoms with E-state index in [1.165, 1.54) is 21.9 Å². The number of nitrogens with zero attached hydrogens (tertiary/aromatic N) is 2. The van der Waals surface area contributed by atoms with Crippen molar-refractivity contribution in [2.75, 3.05) is 0 Å². The molecule has 0 fully saturated rings. The standard InChI is InChI=1S/C48H30N2O/c1-3-14-32(15-4-1)44-30-45(33-16-5-2-6-17-33)50-48(49-44)43-29-42-41-28-35(25-26-46(41)51-47(42)40-23-10-9-22-39(40)43)34-19-11-20-36(27-34)38-24-12-18-31-13-7-8-21-37(31)38/h1-30H. The van der Waals surface area contributed by atoms with Crippen molar-refractivity contribution in [2.24, 2.45) is 0 Å². The van der Waals surface area contributed by atoms with Gasteiger partial charge in [0, 0.05) is 32.8 Å². The largest absolute Gasteiger partial charge is 0.455 e. The topological polar surface area (TPSA) is 38.9 Å². The zero-order valence-corrected chi connectivity index (χ0v) is 27.6. The molecule has 238 valence electrons. The zero-order chi connectivity index (χ0) is 33.7. The molecule has 0 saturated heterocycles. The van der Waals surface area contributed by atoms with E-state index in [1.807, 2.05) is 36.4 Å². The molecule has 51 heavy (non-hydrogen) atoms. The molecular weight excluding hydrogens is 621 g/mol. The second-order valence-corrected chi connectivity index (χ2v) is 13.0. The van der Waals surface area contributed by atoms with Gasteiger partial charge in [0.2, 0.25) is 0 Å². The second kappa shape index (κ2) is 11.9. The van der Waals surface area contributed by atoms with E-state index in [4.69, 9.17) is 14.4 Å². The number of hydrogen-bond acceptors (Lipinski definition) is 3. The summed E-state index contributed by atoms with van der Waals surface area (Å²) >= 11 is 0. The van der Waals surface area contributed by atoms with E-state index >= 15 is 0 Å². The molecule has 0 N–H and O–H groups in total. The molecule has 0 bridgehead atoms. The summed E-state index contributed by atoms with van der Waals surface area (Å²) in [7, 11) is 0. The minimum Gasteiger partial charge on any atom is -0.455 e. The third-order valence-corrected chi connectivity index (χ3v) is 9.88. The predicted molar refractivity (Wildman–Crippen MR) is 212 cm³/mol. The molecule has 10 aromatic rings. The average Bonchev–Trinajstić information content (AvgIpc) is 3.59. The molecule has 0 amide bonds. The quantitative estimate of drug-likeness (QED) is 0.186. The first-order valence-corrected chi connectivity index (χ1v) is 17.2. The van der Waals surface area contributed by atoms with Crippen molar-refractivity contribution in [2.45, 2.75) is 0 Å². The van der Waals surface area contributed by atoms with Gasteiger partial charge in [0.25, 0.3) is 0 Å². The van der Waals surface area contributed by atoms with Crippen LogP contribution in [0.3, 0.4) is 0 Å². The molecule has 0 spiro atoms. The van der Waals surface area contributed by atoms with Gasteiger partial charge < -0.3 is 4.42 Å². The number of aromatic nitrogens is 2. The molecule has 10 rings (SSSR count). The van der Waals surface area contributed by atoms with E-state index in [1.54, 1.807) is 0 Å². The summed E-state index contributed by atoms with van der Waals surface area (Å²) in [6.45, 7) is 0. The Balaban J connectivity index is 1.17. The van der Waals surface area contributed by atoms with Gasteiger partial charge in [-0.25, -0.2) is 9.97 Å². The summed E-state index contributed by atoms with van der Waals surface area (Å²) in [4.78, 5) is 10.4. The lowest BCUT2D eigenvalue weighted by Gasteiger charge is -2.12. The molecule has 0 aliphatic rings. The van der Waals surface area contributed by atoms with Crippen LogP contribution < -0.4 is 0 Å². The minimum atomic E-state index is 0.682. The average molecular weight is 651 g/mol. The molecule has 0 aliphatic carbocycles. The molecule has 0 atom stereocenters. The summed E-state index contributed by atoms with van der Waals surface area (Å²) in [6, 6.07) is 63.8. The third kappa shape index (κ3) is 5.06. The fourth-order valence-electron chi connectivity index (χ4n) is 7.39. The van der Waals surface area contributed by atoms with Crippen LogP contribution in [0.4, 0.5) is 0 Å². The zero-order valence-electron chi connectivity index (χ0n) is 27.6. The van der Waals surface area contributed by atoms with Gasteiger partial charge in [-0.15, -0.1) is 0 Å². The minimum absolute atomic E-state index is 0.682. The van der Waals surface area contributed by atoms with Crippen LogP contribution in [-0.2, 0) is 0 Å². The summed E-state index contributed by atoms with van der Waals surface area (Å²) in [6.07, 6.45) is 0. The van der Waals surface area contributed by atoms with Crippen molar-refractivity contribution in [3.63, 3.8) is 0 Å². The summed E-state index contributed by atoms with van der Waals surface area (Å²) in [5.41, 5.74) is 11.3. The first kappa shape index (κ1) is 29.1. The Kier molecular flexibility index (Phi) is 6.81. The lowest BCUT2D eigenvalue weighted by atomic mass is 9.94. The Hall–Kier alpha value is -6.84. The highest BCUT2D eigenvalue weighted by atomic mass is 16.3. The number of hydrogen-bond donors (Lipinski definition) is 0. The van der Waals surface area contributed by atoms with Crippen molar-refractivity contribution in [3.8, 4) is 56.2 Å². The number of benzene rings is 8. The Labute approximate surface area is 295 Å². The first-order chi connectivity index (χ1) is 25.3. The van der Waals surface area contributed by atoms with Crippen molar-refractivity contribution in [1.82, 2.24) is 9.97 Å². The lowest BCUT2D eigenvalue weighted by molar-refractivity contribution is 0.673. The summed E-state index contributed by atoms with van der Waals surface area (Å²) in [5, 5.41) is 6.69. The first-order valence-electron chi connectivity index (χ1n) is 17.2. The monoisotopic (exact) mass is 650 g/mol. The van der Waals surface area contributed by atoms with Crippen LogP contribution >= 0.6 is 0 Å². The van der Waals surface area contributed by atoms with Gasteiger partial charge >= 0.3 is 0 Å².